The third kappa shape index (κ3) is 4.06. The zero-order valence-corrected chi connectivity index (χ0v) is 10.5. The molecule has 4 nitrogen and oxygen atoms in total. The average molecular weight is 249 g/mol. The highest BCUT2D eigenvalue weighted by Crippen LogP contribution is 2.15. The molecule has 0 bridgehead atoms. The number of hydrogen-bond donors (Lipinski definition) is 2. The van der Waals surface area contributed by atoms with E-state index in [1.807, 2.05) is 19.9 Å². The molecule has 0 aliphatic carbocycles. The first kappa shape index (κ1) is 14.0. The summed E-state index contributed by atoms with van der Waals surface area (Å²) < 4.78 is 12.9. The number of nitriles is 1. The normalized spacial score (nSPS) is 9.94. The van der Waals surface area contributed by atoms with E-state index in [-0.39, 0.29) is 17.4 Å². The highest BCUT2D eigenvalue weighted by Gasteiger charge is 2.06. The summed E-state index contributed by atoms with van der Waals surface area (Å²) in [4.78, 5) is 11.3. The molecule has 5 heteroatoms. The predicted molar refractivity (Wildman–Crippen MR) is 67.5 cm³/mol. The second-order valence-corrected chi connectivity index (χ2v) is 4.17. The first-order chi connectivity index (χ1) is 8.54. The van der Waals surface area contributed by atoms with Crippen LogP contribution in [-0.4, -0.2) is 19.0 Å². The van der Waals surface area contributed by atoms with E-state index in [1.54, 1.807) is 0 Å². The Hall–Kier alpha value is -2.09. The fraction of sp³-hybridized carbons (Fsp3) is 0.385. The van der Waals surface area contributed by atoms with Crippen LogP contribution in [0.2, 0.25) is 0 Å². The molecule has 0 aliphatic heterocycles. The van der Waals surface area contributed by atoms with Crippen molar-refractivity contribution in [1.82, 2.24) is 5.32 Å². The topological polar surface area (TPSA) is 64.9 Å². The fourth-order valence-electron chi connectivity index (χ4n) is 1.35. The van der Waals surface area contributed by atoms with Crippen LogP contribution < -0.4 is 10.6 Å². The van der Waals surface area contributed by atoms with E-state index >= 15 is 0 Å². The Morgan fingerprint density at radius 2 is 2.17 bits per heavy atom. The standard InChI is InChI=1S/C13H16FN3O/c1-9(2)13(18)17-6-5-16-12-4-3-11(14)7-10(12)8-15/h3-4,7,9,16H,5-6H2,1-2H3,(H,17,18). The van der Waals surface area contributed by atoms with Gasteiger partial charge in [0.15, 0.2) is 0 Å². The van der Waals surface area contributed by atoms with Gasteiger partial charge in [-0.2, -0.15) is 5.26 Å². The molecule has 0 saturated carbocycles. The summed E-state index contributed by atoms with van der Waals surface area (Å²) >= 11 is 0. The maximum Gasteiger partial charge on any atom is 0.222 e. The van der Waals surface area contributed by atoms with Crippen molar-refractivity contribution in [3.8, 4) is 6.07 Å². The van der Waals surface area contributed by atoms with Gasteiger partial charge < -0.3 is 10.6 Å². The van der Waals surface area contributed by atoms with Crippen molar-refractivity contribution in [2.24, 2.45) is 5.92 Å². The molecule has 1 aromatic rings. The van der Waals surface area contributed by atoms with Crippen molar-refractivity contribution in [2.45, 2.75) is 13.8 Å². The van der Waals surface area contributed by atoms with E-state index in [0.717, 1.165) is 0 Å². The Morgan fingerprint density at radius 3 is 2.78 bits per heavy atom. The van der Waals surface area contributed by atoms with Crippen LogP contribution in [-0.2, 0) is 4.79 Å². The number of nitrogens with zero attached hydrogens (tertiary/aromatic N) is 1. The van der Waals surface area contributed by atoms with Gasteiger partial charge in [-0.05, 0) is 18.2 Å². The van der Waals surface area contributed by atoms with Crippen LogP contribution in [0.3, 0.4) is 0 Å². The Labute approximate surface area is 106 Å². The number of benzene rings is 1. The van der Waals surface area contributed by atoms with Crippen LogP contribution in [0.15, 0.2) is 18.2 Å². The molecule has 0 unspecified atom stereocenters. The molecular weight excluding hydrogens is 233 g/mol. The van der Waals surface area contributed by atoms with Crippen molar-refractivity contribution in [3.05, 3.63) is 29.6 Å². The Bertz CT molecular complexity index is 466. The van der Waals surface area contributed by atoms with Crippen LogP contribution in [0.25, 0.3) is 0 Å². The lowest BCUT2D eigenvalue weighted by Gasteiger charge is -2.10. The monoisotopic (exact) mass is 249 g/mol. The Balaban J connectivity index is 2.45. The minimum Gasteiger partial charge on any atom is -0.382 e. The highest BCUT2D eigenvalue weighted by molar-refractivity contribution is 5.77. The number of hydrogen-bond acceptors (Lipinski definition) is 3. The number of amides is 1. The molecule has 0 atom stereocenters. The lowest BCUT2D eigenvalue weighted by atomic mass is 10.2. The lowest BCUT2D eigenvalue weighted by molar-refractivity contribution is -0.123. The first-order valence-electron chi connectivity index (χ1n) is 5.76. The van der Waals surface area contributed by atoms with Crippen LogP contribution >= 0.6 is 0 Å². The Morgan fingerprint density at radius 1 is 1.44 bits per heavy atom. The van der Waals surface area contributed by atoms with E-state index < -0.39 is 5.82 Å². The SMILES string of the molecule is CC(C)C(=O)NCCNc1ccc(F)cc1C#N. The molecule has 0 radical (unpaired) electrons. The number of carbonyl (C=O) groups excluding carboxylic acids is 1. The third-order valence-corrected chi connectivity index (χ3v) is 2.37. The van der Waals surface area contributed by atoms with Gasteiger partial charge in [0.05, 0.1) is 11.3 Å². The van der Waals surface area contributed by atoms with E-state index in [2.05, 4.69) is 10.6 Å². The largest absolute Gasteiger partial charge is 0.382 e. The summed E-state index contributed by atoms with van der Waals surface area (Å²) in [6.07, 6.45) is 0. The van der Waals surface area contributed by atoms with Gasteiger partial charge in [-0.3, -0.25) is 4.79 Å². The summed E-state index contributed by atoms with van der Waals surface area (Å²) in [6, 6.07) is 5.89. The molecule has 0 fully saturated rings. The molecule has 1 rings (SSSR count). The molecule has 0 aromatic heterocycles. The molecule has 18 heavy (non-hydrogen) atoms. The van der Waals surface area contributed by atoms with Crippen molar-refractivity contribution in [1.29, 1.82) is 5.26 Å². The molecule has 0 spiro atoms. The van der Waals surface area contributed by atoms with Gasteiger partial charge in [-0.25, -0.2) is 4.39 Å². The van der Waals surface area contributed by atoms with Gasteiger partial charge in [-0.15, -0.1) is 0 Å². The molecule has 96 valence electrons. The van der Waals surface area contributed by atoms with Gasteiger partial charge in [0.2, 0.25) is 5.91 Å². The second kappa shape index (κ2) is 6.60. The van der Waals surface area contributed by atoms with E-state index in [9.17, 15) is 9.18 Å². The minimum absolute atomic E-state index is 0.0172. The number of anilines is 1. The Kier molecular flexibility index (Phi) is 5.12. The number of nitrogens with one attached hydrogen (secondary N) is 2. The van der Waals surface area contributed by atoms with E-state index in [4.69, 9.17) is 5.26 Å². The van der Waals surface area contributed by atoms with Crippen LogP contribution in [0.5, 0.6) is 0 Å². The number of carbonyl (C=O) groups is 1. The summed E-state index contributed by atoms with van der Waals surface area (Å²) in [5.41, 5.74) is 0.822. The summed E-state index contributed by atoms with van der Waals surface area (Å²) in [6.45, 7) is 4.57. The van der Waals surface area contributed by atoms with Crippen molar-refractivity contribution in [2.75, 3.05) is 18.4 Å². The van der Waals surface area contributed by atoms with Crippen LogP contribution in [0.4, 0.5) is 10.1 Å². The van der Waals surface area contributed by atoms with Crippen molar-refractivity contribution >= 4 is 11.6 Å². The maximum atomic E-state index is 12.9. The molecule has 0 heterocycles. The van der Waals surface area contributed by atoms with Gasteiger partial charge in [0.1, 0.15) is 11.9 Å². The fourth-order valence-corrected chi connectivity index (χ4v) is 1.35. The molecule has 1 amide bonds. The van der Waals surface area contributed by atoms with E-state index in [0.29, 0.717) is 18.8 Å². The maximum absolute atomic E-state index is 12.9. The number of rotatable bonds is 5. The summed E-state index contributed by atoms with van der Waals surface area (Å²) in [7, 11) is 0. The van der Waals surface area contributed by atoms with Gasteiger partial charge >= 0.3 is 0 Å². The second-order valence-electron chi connectivity index (χ2n) is 4.17. The van der Waals surface area contributed by atoms with Crippen LogP contribution in [0, 0.1) is 23.1 Å². The van der Waals surface area contributed by atoms with Crippen molar-refractivity contribution in [3.63, 3.8) is 0 Å². The van der Waals surface area contributed by atoms with Gasteiger partial charge in [-0.1, -0.05) is 13.8 Å². The minimum atomic E-state index is -0.440. The molecular formula is C13H16FN3O. The van der Waals surface area contributed by atoms with Crippen molar-refractivity contribution < 1.29 is 9.18 Å². The van der Waals surface area contributed by atoms with Gasteiger partial charge in [0, 0.05) is 19.0 Å². The van der Waals surface area contributed by atoms with E-state index in [1.165, 1.54) is 18.2 Å². The highest BCUT2D eigenvalue weighted by atomic mass is 19.1. The predicted octanol–water partition coefficient (Wildman–Crippen LogP) is 1.88. The summed E-state index contributed by atoms with van der Waals surface area (Å²) in [5, 5.41) is 14.6. The zero-order chi connectivity index (χ0) is 13.5. The molecule has 0 saturated heterocycles. The van der Waals surface area contributed by atoms with Gasteiger partial charge in [0.25, 0.3) is 0 Å². The van der Waals surface area contributed by atoms with Crippen LogP contribution in [0.1, 0.15) is 19.4 Å². The smallest absolute Gasteiger partial charge is 0.222 e. The average Bonchev–Trinajstić information content (AvgIpc) is 2.35. The number of halogens is 1. The first-order valence-corrected chi connectivity index (χ1v) is 5.76. The zero-order valence-electron chi connectivity index (χ0n) is 10.5. The molecule has 2 N–H and O–H groups in total. The lowest BCUT2D eigenvalue weighted by Crippen LogP contribution is -2.31. The molecule has 1 aromatic carbocycles. The molecule has 0 aliphatic rings. The summed E-state index contributed by atoms with van der Waals surface area (Å²) in [5.74, 6) is -0.507. The quantitative estimate of drug-likeness (QED) is 0.783. The third-order valence-electron chi connectivity index (χ3n) is 2.37.